The normalized spacial score (nSPS) is 31.7. The van der Waals surface area contributed by atoms with Crippen LogP contribution in [0.1, 0.15) is 46.0 Å². The molecule has 0 aromatic carbocycles. The van der Waals surface area contributed by atoms with Crippen molar-refractivity contribution in [2.45, 2.75) is 52.1 Å². The van der Waals surface area contributed by atoms with Crippen molar-refractivity contribution in [3.05, 3.63) is 11.6 Å². The van der Waals surface area contributed by atoms with Crippen molar-refractivity contribution in [1.82, 2.24) is 0 Å². The molecule has 0 heterocycles. The van der Waals surface area contributed by atoms with Crippen LogP contribution in [0.5, 0.6) is 0 Å². The summed E-state index contributed by atoms with van der Waals surface area (Å²) in [5, 5.41) is 0. The maximum atomic E-state index is 10.9. The second kappa shape index (κ2) is 4.38. The fraction of sp³-hybridized carbons (Fsp3) is 0.769. The Morgan fingerprint density at radius 1 is 1.60 bits per heavy atom. The highest BCUT2D eigenvalue weighted by Crippen LogP contribution is 2.39. The maximum absolute atomic E-state index is 10.9. The van der Waals surface area contributed by atoms with E-state index in [-0.39, 0.29) is 12.1 Å². The second-order valence-electron chi connectivity index (χ2n) is 5.00. The maximum Gasteiger partial charge on any atom is 0.302 e. The molecule has 0 spiro atoms. The van der Waals surface area contributed by atoms with Crippen LogP contribution in [0.4, 0.5) is 0 Å². The highest BCUT2D eigenvalue weighted by molar-refractivity contribution is 5.66. The Balaban J connectivity index is 2.01. The predicted octanol–water partition coefficient (Wildman–Crippen LogP) is 3.07. The molecule has 2 aliphatic carbocycles. The zero-order valence-corrected chi connectivity index (χ0v) is 9.66. The zero-order valence-electron chi connectivity index (χ0n) is 9.66. The summed E-state index contributed by atoms with van der Waals surface area (Å²) in [5.74, 6) is 1.15. The molecule has 2 rings (SSSR count). The number of ether oxygens (including phenoxy) is 1. The molecule has 3 unspecified atom stereocenters. The quantitative estimate of drug-likeness (QED) is 0.515. The Hall–Kier alpha value is -0.790. The molecule has 2 heteroatoms. The van der Waals surface area contributed by atoms with E-state index < -0.39 is 0 Å². The van der Waals surface area contributed by atoms with E-state index >= 15 is 0 Å². The average Bonchev–Trinajstić information content (AvgIpc) is 2.16. The highest BCUT2D eigenvalue weighted by Gasteiger charge is 2.29. The van der Waals surface area contributed by atoms with Gasteiger partial charge in [0.05, 0.1) is 0 Å². The summed E-state index contributed by atoms with van der Waals surface area (Å²) < 4.78 is 5.27. The van der Waals surface area contributed by atoms with Gasteiger partial charge in [0, 0.05) is 12.8 Å². The number of carbonyl (C=O) groups is 1. The predicted molar refractivity (Wildman–Crippen MR) is 59.4 cm³/mol. The van der Waals surface area contributed by atoms with Crippen LogP contribution in [-0.2, 0) is 9.53 Å². The van der Waals surface area contributed by atoms with E-state index in [0.717, 1.165) is 5.92 Å². The summed E-state index contributed by atoms with van der Waals surface area (Å²) in [4.78, 5) is 10.9. The molecule has 0 saturated heterocycles. The molecule has 1 saturated carbocycles. The minimum atomic E-state index is -0.156. The van der Waals surface area contributed by atoms with Gasteiger partial charge in [-0.1, -0.05) is 11.6 Å². The van der Waals surface area contributed by atoms with Gasteiger partial charge in [-0.25, -0.2) is 0 Å². The lowest BCUT2D eigenvalue weighted by Gasteiger charge is -2.35. The molecule has 0 aromatic heterocycles. The van der Waals surface area contributed by atoms with Crippen molar-refractivity contribution >= 4 is 5.97 Å². The molecule has 2 bridgehead atoms. The molecule has 0 aromatic rings. The topological polar surface area (TPSA) is 26.3 Å². The number of allylic oxidation sites excluding steroid dienone is 1. The zero-order chi connectivity index (χ0) is 10.8. The lowest BCUT2D eigenvalue weighted by molar-refractivity contribution is -0.147. The average molecular weight is 208 g/mol. The Morgan fingerprint density at radius 3 is 3.07 bits per heavy atom. The Kier molecular flexibility index (Phi) is 3.13. The summed E-state index contributed by atoms with van der Waals surface area (Å²) in [7, 11) is 0. The van der Waals surface area contributed by atoms with Crippen LogP contribution in [0.25, 0.3) is 0 Å². The third-order valence-electron chi connectivity index (χ3n) is 3.67. The van der Waals surface area contributed by atoms with Gasteiger partial charge in [0.25, 0.3) is 0 Å². The minimum absolute atomic E-state index is 0.0541. The van der Waals surface area contributed by atoms with Crippen molar-refractivity contribution < 1.29 is 9.53 Å². The van der Waals surface area contributed by atoms with Crippen molar-refractivity contribution in [1.29, 1.82) is 0 Å². The molecular formula is C13H20O2. The van der Waals surface area contributed by atoms with E-state index in [1.807, 2.05) is 6.92 Å². The Morgan fingerprint density at radius 2 is 2.40 bits per heavy atom. The molecule has 0 amide bonds. The largest absolute Gasteiger partial charge is 0.462 e. The third-order valence-corrected chi connectivity index (χ3v) is 3.67. The first-order valence-electron chi connectivity index (χ1n) is 6.02. The first-order chi connectivity index (χ1) is 7.15. The van der Waals surface area contributed by atoms with Gasteiger partial charge < -0.3 is 4.74 Å². The first kappa shape index (κ1) is 10.7. The van der Waals surface area contributed by atoms with Crippen molar-refractivity contribution in [2.24, 2.45) is 11.8 Å². The van der Waals surface area contributed by atoms with Gasteiger partial charge in [0.2, 0.25) is 0 Å². The van der Waals surface area contributed by atoms with E-state index in [0.29, 0.717) is 5.92 Å². The summed E-state index contributed by atoms with van der Waals surface area (Å²) in [6.07, 6.45) is 8.90. The lowest BCUT2D eigenvalue weighted by Crippen LogP contribution is -2.28. The number of hydrogen-bond donors (Lipinski definition) is 0. The van der Waals surface area contributed by atoms with Crippen LogP contribution in [0, 0.1) is 11.8 Å². The molecule has 1 fully saturated rings. The van der Waals surface area contributed by atoms with Crippen LogP contribution in [0.15, 0.2) is 11.6 Å². The molecule has 0 aliphatic heterocycles. The van der Waals surface area contributed by atoms with Gasteiger partial charge in [-0.2, -0.15) is 0 Å². The number of fused-ring (bicyclic) bond motifs is 2. The molecule has 2 aliphatic rings. The van der Waals surface area contributed by atoms with Gasteiger partial charge in [-0.15, -0.1) is 0 Å². The highest BCUT2D eigenvalue weighted by atomic mass is 16.5. The van der Waals surface area contributed by atoms with Crippen LogP contribution in [0.3, 0.4) is 0 Å². The summed E-state index contributed by atoms with van der Waals surface area (Å²) >= 11 is 0. The van der Waals surface area contributed by atoms with Crippen LogP contribution < -0.4 is 0 Å². The van der Waals surface area contributed by atoms with E-state index in [4.69, 9.17) is 4.74 Å². The summed E-state index contributed by atoms with van der Waals surface area (Å²) in [5.41, 5.74) is 1.60. The SMILES string of the molecule is CC(=O)OC(C)C1C=C2CCCC(C2)C1. The monoisotopic (exact) mass is 208 g/mol. The van der Waals surface area contributed by atoms with Gasteiger partial charge in [-0.3, -0.25) is 4.79 Å². The van der Waals surface area contributed by atoms with Crippen LogP contribution in [0.2, 0.25) is 0 Å². The second-order valence-corrected chi connectivity index (χ2v) is 5.00. The number of carbonyl (C=O) groups excluding carboxylic acids is 1. The van der Waals surface area contributed by atoms with E-state index in [1.165, 1.54) is 39.0 Å². The number of hydrogen-bond acceptors (Lipinski definition) is 2. The van der Waals surface area contributed by atoms with Gasteiger partial charge in [0.1, 0.15) is 6.10 Å². The molecule has 15 heavy (non-hydrogen) atoms. The molecule has 3 atom stereocenters. The standard InChI is InChI=1S/C13H20O2/c1-9(15-10(2)14)13-7-11-4-3-5-12(6-11)8-13/h7,9,12-13H,3-6,8H2,1-2H3. The minimum Gasteiger partial charge on any atom is -0.462 e. The van der Waals surface area contributed by atoms with Gasteiger partial charge in [-0.05, 0) is 44.9 Å². The molecular weight excluding hydrogens is 188 g/mol. The number of esters is 1. The molecule has 0 radical (unpaired) electrons. The number of rotatable bonds is 2. The van der Waals surface area contributed by atoms with Gasteiger partial charge in [0.15, 0.2) is 0 Å². The van der Waals surface area contributed by atoms with Gasteiger partial charge >= 0.3 is 5.97 Å². The molecule has 84 valence electrons. The molecule has 2 nitrogen and oxygen atoms in total. The Labute approximate surface area is 91.7 Å². The van der Waals surface area contributed by atoms with E-state index in [9.17, 15) is 4.79 Å². The van der Waals surface area contributed by atoms with Crippen molar-refractivity contribution in [2.75, 3.05) is 0 Å². The fourth-order valence-corrected chi connectivity index (χ4v) is 2.98. The fourth-order valence-electron chi connectivity index (χ4n) is 2.98. The first-order valence-corrected chi connectivity index (χ1v) is 6.02. The third kappa shape index (κ3) is 2.61. The van der Waals surface area contributed by atoms with Crippen LogP contribution >= 0.6 is 0 Å². The van der Waals surface area contributed by atoms with E-state index in [2.05, 4.69) is 6.08 Å². The summed E-state index contributed by atoms with van der Waals surface area (Å²) in [6, 6.07) is 0. The Bertz CT molecular complexity index is 280. The summed E-state index contributed by atoms with van der Waals surface area (Å²) in [6.45, 7) is 3.51. The lowest BCUT2D eigenvalue weighted by atomic mass is 9.73. The smallest absolute Gasteiger partial charge is 0.302 e. The van der Waals surface area contributed by atoms with E-state index in [1.54, 1.807) is 5.57 Å². The van der Waals surface area contributed by atoms with Crippen LogP contribution in [-0.4, -0.2) is 12.1 Å². The van der Waals surface area contributed by atoms with Crippen molar-refractivity contribution in [3.8, 4) is 0 Å². The molecule has 0 N–H and O–H groups in total. The van der Waals surface area contributed by atoms with Crippen molar-refractivity contribution in [3.63, 3.8) is 0 Å².